The first kappa shape index (κ1) is 34.9. The monoisotopic (exact) mass is 766 g/mol. The number of aromatic nitrogens is 6. The van der Waals surface area contributed by atoms with Crippen LogP contribution in [0.5, 0.6) is 5.75 Å². The standard InChI is InChI=1S/C38H44BrN10OP/c1-7-9-25(8-2)48-16-18-49(19-17-48)34-21-35(50-4)32(20-27(34)33-23-41-47(3)46-33)44-38-40-22-28(39)37(45-38)43-31-15-14-30-26(36(31)51(5)6)12-13-29(42-30)24-10-11-24/h7-9,12-15,20-24H,10-11,16-19H2,1-6H3,(H2,40,43,44,45)/b9-7-,25-8+. The Labute approximate surface area is 309 Å². The molecule has 1 aliphatic heterocycles. The van der Waals surface area contributed by atoms with Gasteiger partial charge in [0.15, 0.2) is 0 Å². The van der Waals surface area contributed by atoms with E-state index in [0.29, 0.717) is 23.4 Å². The second kappa shape index (κ2) is 15.0. The average Bonchev–Trinajstić information content (AvgIpc) is 3.91. The summed E-state index contributed by atoms with van der Waals surface area (Å²) in [6.45, 7) is 12.2. The molecule has 5 aromatic rings. The van der Waals surface area contributed by atoms with Gasteiger partial charge in [0.25, 0.3) is 0 Å². The Kier molecular flexibility index (Phi) is 10.2. The molecule has 1 saturated heterocycles. The summed E-state index contributed by atoms with van der Waals surface area (Å²) >= 11 is 3.69. The highest BCUT2D eigenvalue weighted by Gasteiger charge is 2.26. The van der Waals surface area contributed by atoms with Gasteiger partial charge in [-0.05, 0) is 86.3 Å². The van der Waals surface area contributed by atoms with E-state index in [2.05, 4.69) is 133 Å². The van der Waals surface area contributed by atoms with Gasteiger partial charge in [-0.3, -0.25) is 4.98 Å². The number of fused-ring (bicyclic) bond motifs is 1. The molecule has 264 valence electrons. The summed E-state index contributed by atoms with van der Waals surface area (Å²) in [6, 6.07) is 12.8. The van der Waals surface area contributed by atoms with Crippen LogP contribution in [0, 0.1) is 0 Å². The minimum absolute atomic E-state index is 0.432. The number of ether oxygens (including phenoxy) is 1. The lowest BCUT2D eigenvalue weighted by atomic mass is 10.1. The fourth-order valence-corrected chi connectivity index (χ4v) is 8.26. The van der Waals surface area contributed by atoms with Gasteiger partial charge in [0.2, 0.25) is 5.95 Å². The molecule has 2 aromatic carbocycles. The molecule has 3 aromatic heterocycles. The first-order valence-corrected chi connectivity index (χ1v) is 20.3. The Balaban J connectivity index is 1.19. The minimum atomic E-state index is -0.446. The van der Waals surface area contributed by atoms with Crippen molar-refractivity contribution in [3.05, 3.63) is 82.9 Å². The van der Waals surface area contributed by atoms with Gasteiger partial charge in [0.05, 0.1) is 34.7 Å². The van der Waals surface area contributed by atoms with E-state index in [1.165, 1.54) is 34.9 Å². The minimum Gasteiger partial charge on any atom is -0.494 e. The molecule has 0 amide bonds. The van der Waals surface area contributed by atoms with Gasteiger partial charge in [0, 0.05) is 84.7 Å². The number of aryl methyl sites for hydroxylation is 1. The van der Waals surface area contributed by atoms with Crippen molar-refractivity contribution in [1.29, 1.82) is 0 Å². The molecule has 7 rings (SSSR count). The number of pyridine rings is 1. The van der Waals surface area contributed by atoms with Gasteiger partial charge in [-0.1, -0.05) is 26.1 Å². The summed E-state index contributed by atoms with van der Waals surface area (Å²) in [5.41, 5.74) is 8.02. The van der Waals surface area contributed by atoms with E-state index in [4.69, 9.17) is 14.7 Å². The summed E-state index contributed by atoms with van der Waals surface area (Å²) in [5, 5.41) is 18.6. The lowest BCUT2D eigenvalue weighted by Gasteiger charge is -2.38. The maximum absolute atomic E-state index is 5.97. The summed E-state index contributed by atoms with van der Waals surface area (Å²) < 4.78 is 6.73. The summed E-state index contributed by atoms with van der Waals surface area (Å²) in [7, 11) is 3.07. The number of piperazine rings is 1. The van der Waals surface area contributed by atoms with Crippen LogP contribution >= 0.6 is 23.9 Å². The van der Waals surface area contributed by atoms with Crippen LogP contribution in [0.25, 0.3) is 22.2 Å². The highest BCUT2D eigenvalue weighted by molar-refractivity contribution is 9.10. The Bertz CT molecular complexity index is 2120. The second-order valence-electron chi connectivity index (χ2n) is 13.0. The number of methoxy groups -OCH3 is 1. The Morgan fingerprint density at radius 1 is 0.980 bits per heavy atom. The molecule has 1 aliphatic carbocycles. The fraction of sp³-hybridized carbons (Fsp3) is 0.342. The maximum Gasteiger partial charge on any atom is 0.229 e. The maximum atomic E-state index is 5.97. The first-order valence-electron chi connectivity index (χ1n) is 17.3. The Hall–Kier alpha value is -4.54. The fourth-order valence-electron chi connectivity index (χ4n) is 6.69. The predicted molar refractivity (Wildman–Crippen MR) is 214 cm³/mol. The SMILES string of the molecule is C/C=C\C(=C/C)N1CCN(c2cc(OC)c(Nc3ncc(Br)c(Nc4ccc5nc(C6CC6)ccc5c4P(C)C)n3)cc2-c2cnn(C)n2)CC1. The number of nitrogens with one attached hydrogen (secondary N) is 2. The second-order valence-corrected chi connectivity index (χ2v) is 16.1. The van der Waals surface area contributed by atoms with Crippen molar-refractivity contribution >= 4 is 68.9 Å². The van der Waals surface area contributed by atoms with E-state index in [0.717, 1.165) is 64.5 Å². The molecule has 0 atom stereocenters. The zero-order valence-electron chi connectivity index (χ0n) is 30.0. The number of rotatable bonds is 11. The van der Waals surface area contributed by atoms with Gasteiger partial charge in [-0.2, -0.15) is 20.0 Å². The number of anilines is 5. The van der Waals surface area contributed by atoms with Crippen LogP contribution in [0.15, 0.2) is 77.2 Å². The van der Waals surface area contributed by atoms with Gasteiger partial charge < -0.3 is 25.2 Å². The van der Waals surface area contributed by atoms with Crippen molar-refractivity contribution in [2.24, 2.45) is 7.05 Å². The molecule has 2 N–H and O–H groups in total. The molecule has 51 heavy (non-hydrogen) atoms. The van der Waals surface area contributed by atoms with Crippen molar-refractivity contribution in [1.82, 2.24) is 34.8 Å². The van der Waals surface area contributed by atoms with Crippen LogP contribution in [-0.4, -0.2) is 81.5 Å². The number of hydrogen-bond donors (Lipinski definition) is 2. The van der Waals surface area contributed by atoms with Gasteiger partial charge in [-0.25, -0.2) is 4.98 Å². The first-order chi connectivity index (χ1) is 24.8. The molecule has 2 aliphatic rings. The molecule has 11 nitrogen and oxygen atoms in total. The molecule has 13 heteroatoms. The third kappa shape index (κ3) is 7.44. The van der Waals surface area contributed by atoms with Crippen molar-refractivity contribution < 1.29 is 4.74 Å². The lowest BCUT2D eigenvalue weighted by Crippen LogP contribution is -2.45. The van der Waals surface area contributed by atoms with Crippen LogP contribution in [0.4, 0.5) is 28.8 Å². The van der Waals surface area contributed by atoms with Crippen LogP contribution in [0.2, 0.25) is 0 Å². The zero-order chi connectivity index (χ0) is 35.6. The molecule has 2 fully saturated rings. The average molecular weight is 768 g/mol. The highest BCUT2D eigenvalue weighted by Crippen LogP contribution is 2.42. The van der Waals surface area contributed by atoms with E-state index in [9.17, 15) is 0 Å². The molecular formula is C38H44BrN10OP. The van der Waals surface area contributed by atoms with E-state index < -0.39 is 7.92 Å². The lowest BCUT2D eigenvalue weighted by molar-refractivity contribution is 0.330. The van der Waals surface area contributed by atoms with Crippen molar-refractivity contribution in [3.63, 3.8) is 0 Å². The van der Waals surface area contributed by atoms with Crippen LogP contribution in [-0.2, 0) is 7.05 Å². The van der Waals surface area contributed by atoms with E-state index in [1.54, 1.807) is 24.3 Å². The Morgan fingerprint density at radius 3 is 2.45 bits per heavy atom. The van der Waals surface area contributed by atoms with E-state index >= 15 is 0 Å². The van der Waals surface area contributed by atoms with Crippen LogP contribution in [0.1, 0.15) is 38.3 Å². The van der Waals surface area contributed by atoms with Crippen molar-refractivity contribution in [3.8, 4) is 17.0 Å². The Morgan fingerprint density at radius 2 is 1.78 bits per heavy atom. The van der Waals surface area contributed by atoms with Gasteiger partial charge >= 0.3 is 0 Å². The topological polar surface area (TPSA) is 109 Å². The van der Waals surface area contributed by atoms with E-state index in [-0.39, 0.29) is 0 Å². The molecule has 0 spiro atoms. The molecule has 4 heterocycles. The third-order valence-corrected chi connectivity index (χ3v) is 11.3. The van der Waals surface area contributed by atoms with E-state index in [1.807, 2.05) is 7.05 Å². The van der Waals surface area contributed by atoms with Crippen molar-refractivity contribution in [2.75, 3.05) is 62.2 Å². The number of allylic oxidation sites excluding steroid dienone is 3. The van der Waals surface area contributed by atoms with Crippen LogP contribution in [0.3, 0.4) is 0 Å². The molecule has 0 unspecified atom stereocenters. The smallest absolute Gasteiger partial charge is 0.229 e. The quantitative estimate of drug-likeness (QED) is 0.102. The number of nitrogens with zero attached hydrogens (tertiary/aromatic N) is 8. The van der Waals surface area contributed by atoms with Gasteiger partial charge in [-0.15, -0.1) is 0 Å². The zero-order valence-corrected chi connectivity index (χ0v) is 32.5. The molecular weight excluding hydrogens is 723 g/mol. The third-order valence-electron chi connectivity index (χ3n) is 9.36. The molecule has 0 bridgehead atoms. The summed E-state index contributed by atoms with van der Waals surface area (Å²) in [6.07, 6.45) is 12.5. The summed E-state index contributed by atoms with van der Waals surface area (Å²) in [4.78, 5) is 21.0. The largest absolute Gasteiger partial charge is 0.494 e. The number of halogens is 1. The predicted octanol–water partition coefficient (Wildman–Crippen LogP) is 7.92. The van der Waals surface area contributed by atoms with Gasteiger partial charge in [0.1, 0.15) is 17.3 Å². The number of benzene rings is 2. The highest BCUT2D eigenvalue weighted by atomic mass is 79.9. The number of hydrogen-bond acceptors (Lipinski definition) is 10. The summed E-state index contributed by atoms with van der Waals surface area (Å²) in [5.74, 6) is 2.39. The molecule has 1 saturated carbocycles. The van der Waals surface area contributed by atoms with Crippen LogP contribution < -0.4 is 25.6 Å². The molecule has 0 radical (unpaired) electrons. The normalized spacial score (nSPS) is 15.3. The van der Waals surface area contributed by atoms with Crippen molar-refractivity contribution in [2.45, 2.75) is 32.6 Å².